The first-order valence-corrected chi connectivity index (χ1v) is 4.67. The number of ether oxygens (including phenoxy) is 1. The van der Waals surface area contributed by atoms with Gasteiger partial charge in [-0.2, -0.15) is 0 Å². The zero-order valence-electron chi connectivity index (χ0n) is 9.28. The molecule has 0 saturated heterocycles. The average Bonchev–Trinajstić information content (AvgIpc) is 2.18. The lowest BCUT2D eigenvalue weighted by Gasteiger charge is -2.12. The highest BCUT2D eigenvalue weighted by Crippen LogP contribution is 2.21. The summed E-state index contributed by atoms with van der Waals surface area (Å²) in [5.74, 6) is 0.721. The lowest BCUT2D eigenvalue weighted by molar-refractivity contribution is -0.127. The van der Waals surface area contributed by atoms with Crippen LogP contribution in [-0.4, -0.2) is 32.0 Å². The Kier molecular flexibility index (Phi) is 3.55. The van der Waals surface area contributed by atoms with Gasteiger partial charge >= 0.3 is 0 Å². The fourth-order valence-corrected chi connectivity index (χ4v) is 1.26. The molecule has 0 fully saturated rings. The van der Waals surface area contributed by atoms with E-state index < -0.39 is 0 Å². The molecular formula is C11H16N2O2. The summed E-state index contributed by atoms with van der Waals surface area (Å²) in [6.45, 7) is 0. The van der Waals surface area contributed by atoms with Crippen molar-refractivity contribution in [3.05, 3.63) is 23.8 Å². The number of carbonyl (C=O) groups is 1. The number of nitrogens with zero attached hydrogens (tertiary/aromatic N) is 1. The quantitative estimate of drug-likeness (QED) is 0.751. The van der Waals surface area contributed by atoms with Gasteiger partial charge in [-0.25, -0.2) is 0 Å². The second-order valence-electron chi connectivity index (χ2n) is 3.54. The number of rotatable bonds is 3. The third-order valence-electron chi connectivity index (χ3n) is 2.14. The van der Waals surface area contributed by atoms with Crippen molar-refractivity contribution >= 4 is 11.6 Å². The van der Waals surface area contributed by atoms with Gasteiger partial charge in [-0.05, 0) is 18.2 Å². The molecule has 2 N–H and O–H groups in total. The highest BCUT2D eigenvalue weighted by molar-refractivity contribution is 5.79. The lowest BCUT2D eigenvalue weighted by atomic mass is 10.1. The van der Waals surface area contributed by atoms with Crippen molar-refractivity contribution < 1.29 is 9.53 Å². The van der Waals surface area contributed by atoms with Crippen LogP contribution < -0.4 is 10.5 Å². The number of nitrogen functional groups attached to an aromatic ring is 1. The van der Waals surface area contributed by atoms with Crippen LogP contribution in [0.15, 0.2) is 18.2 Å². The van der Waals surface area contributed by atoms with Gasteiger partial charge in [0, 0.05) is 25.3 Å². The molecule has 0 atom stereocenters. The summed E-state index contributed by atoms with van der Waals surface area (Å²) in [7, 11) is 5.03. The van der Waals surface area contributed by atoms with E-state index in [1.54, 1.807) is 44.3 Å². The summed E-state index contributed by atoms with van der Waals surface area (Å²) in [5, 5.41) is 0. The largest absolute Gasteiger partial charge is 0.496 e. The fraction of sp³-hybridized carbons (Fsp3) is 0.364. The highest BCUT2D eigenvalue weighted by atomic mass is 16.5. The van der Waals surface area contributed by atoms with E-state index in [0.29, 0.717) is 17.9 Å². The van der Waals surface area contributed by atoms with Crippen molar-refractivity contribution in [2.24, 2.45) is 0 Å². The molecule has 0 bridgehead atoms. The Hall–Kier alpha value is -1.71. The molecule has 1 aromatic rings. The molecule has 82 valence electrons. The van der Waals surface area contributed by atoms with E-state index in [1.807, 2.05) is 0 Å². The molecule has 0 heterocycles. The third-order valence-corrected chi connectivity index (χ3v) is 2.14. The van der Waals surface area contributed by atoms with E-state index in [-0.39, 0.29) is 5.91 Å². The molecule has 0 unspecified atom stereocenters. The second-order valence-corrected chi connectivity index (χ2v) is 3.54. The molecule has 15 heavy (non-hydrogen) atoms. The van der Waals surface area contributed by atoms with Crippen molar-refractivity contribution in [3.8, 4) is 5.75 Å². The first-order valence-electron chi connectivity index (χ1n) is 4.67. The van der Waals surface area contributed by atoms with E-state index in [2.05, 4.69) is 0 Å². The van der Waals surface area contributed by atoms with Crippen molar-refractivity contribution in [1.29, 1.82) is 0 Å². The monoisotopic (exact) mass is 208 g/mol. The van der Waals surface area contributed by atoms with Crippen LogP contribution in [-0.2, 0) is 11.2 Å². The number of nitrogens with two attached hydrogens (primary N) is 1. The standard InChI is InChI=1S/C11H16N2O2/c1-13(2)11(14)7-8-6-9(12)4-5-10(8)15-3/h4-6H,7,12H2,1-3H3. The Balaban J connectivity index is 2.92. The van der Waals surface area contributed by atoms with Gasteiger partial charge in [0.25, 0.3) is 0 Å². The minimum absolute atomic E-state index is 0.0268. The van der Waals surface area contributed by atoms with E-state index in [9.17, 15) is 4.79 Å². The Morgan fingerprint density at radius 2 is 2.13 bits per heavy atom. The number of methoxy groups -OCH3 is 1. The Bertz CT molecular complexity index is 362. The zero-order chi connectivity index (χ0) is 11.4. The number of carbonyl (C=O) groups excluding carboxylic acids is 1. The molecule has 0 aliphatic carbocycles. The van der Waals surface area contributed by atoms with Crippen LogP contribution in [0.25, 0.3) is 0 Å². The van der Waals surface area contributed by atoms with Crippen molar-refractivity contribution in [1.82, 2.24) is 4.90 Å². The molecule has 0 aliphatic rings. The summed E-state index contributed by atoms with van der Waals surface area (Å²) >= 11 is 0. The molecule has 1 amide bonds. The first kappa shape index (κ1) is 11.4. The van der Waals surface area contributed by atoms with Crippen molar-refractivity contribution in [3.63, 3.8) is 0 Å². The molecule has 1 rings (SSSR count). The minimum atomic E-state index is 0.0268. The van der Waals surface area contributed by atoms with Crippen LogP contribution >= 0.6 is 0 Å². The molecule has 0 aliphatic heterocycles. The number of anilines is 1. The first-order chi connectivity index (χ1) is 7.04. The smallest absolute Gasteiger partial charge is 0.226 e. The van der Waals surface area contributed by atoms with Crippen LogP contribution in [0, 0.1) is 0 Å². The van der Waals surface area contributed by atoms with E-state index >= 15 is 0 Å². The Labute approximate surface area is 89.6 Å². The van der Waals surface area contributed by atoms with Crippen LogP contribution in [0.2, 0.25) is 0 Å². The SMILES string of the molecule is COc1ccc(N)cc1CC(=O)N(C)C. The van der Waals surface area contributed by atoms with Gasteiger partial charge in [-0.15, -0.1) is 0 Å². The Morgan fingerprint density at radius 3 is 2.67 bits per heavy atom. The lowest BCUT2D eigenvalue weighted by Crippen LogP contribution is -2.23. The maximum Gasteiger partial charge on any atom is 0.226 e. The molecular weight excluding hydrogens is 192 g/mol. The summed E-state index contributed by atoms with van der Waals surface area (Å²) in [5.41, 5.74) is 7.11. The van der Waals surface area contributed by atoms with Gasteiger partial charge in [0.1, 0.15) is 5.75 Å². The van der Waals surface area contributed by atoms with E-state index in [1.165, 1.54) is 0 Å². The van der Waals surface area contributed by atoms with Crippen LogP contribution in [0.5, 0.6) is 5.75 Å². The minimum Gasteiger partial charge on any atom is -0.496 e. The number of likely N-dealkylation sites (N-methyl/N-ethyl adjacent to an activating group) is 1. The summed E-state index contributed by atoms with van der Waals surface area (Å²) in [6, 6.07) is 5.29. The summed E-state index contributed by atoms with van der Waals surface area (Å²) < 4.78 is 5.15. The van der Waals surface area contributed by atoms with Gasteiger partial charge in [-0.3, -0.25) is 4.79 Å². The molecule has 1 aromatic carbocycles. The fourth-order valence-electron chi connectivity index (χ4n) is 1.26. The number of hydrogen-bond donors (Lipinski definition) is 1. The van der Waals surface area contributed by atoms with Gasteiger partial charge in [-0.1, -0.05) is 0 Å². The maximum absolute atomic E-state index is 11.5. The van der Waals surface area contributed by atoms with Gasteiger partial charge in [0.2, 0.25) is 5.91 Å². The normalized spacial score (nSPS) is 9.80. The molecule has 0 aromatic heterocycles. The van der Waals surface area contributed by atoms with Crippen LogP contribution in [0.1, 0.15) is 5.56 Å². The van der Waals surface area contributed by atoms with Gasteiger partial charge in [0.15, 0.2) is 0 Å². The van der Waals surface area contributed by atoms with E-state index in [0.717, 1.165) is 5.56 Å². The highest BCUT2D eigenvalue weighted by Gasteiger charge is 2.10. The molecule has 4 heteroatoms. The number of amides is 1. The third kappa shape index (κ3) is 2.87. The van der Waals surface area contributed by atoms with E-state index in [4.69, 9.17) is 10.5 Å². The predicted octanol–water partition coefficient (Wildman–Crippen LogP) is 0.908. The molecule has 0 radical (unpaired) electrons. The molecule has 4 nitrogen and oxygen atoms in total. The summed E-state index contributed by atoms with van der Waals surface area (Å²) in [6.07, 6.45) is 0.307. The zero-order valence-corrected chi connectivity index (χ0v) is 9.28. The van der Waals surface area contributed by atoms with Gasteiger partial charge in [0.05, 0.1) is 13.5 Å². The predicted molar refractivity (Wildman–Crippen MR) is 59.8 cm³/mol. The second kappa shape index (κ2) is 4.68. The maximum atomic E-state index is 11.5. The average molecular weight is 208 g/mol. The topological polar surface area (TPSA) is 55.6 Å². The molecule has 0 saturated carbocycles. The van der Waals surface area contributed by atoms with Crippen LogP contribution in [0.4, 0.5) is 5.69 Å². The Morgan fingerprint density at radius 1 is 1.47 bits per heavy atom. The van der Waals surface area contributed by atoms with Crippen molar-refractivity contribution in [2.45, 2.75) is 6.42 Å². The number of benzene rings is 1. The van der Waals surface area contributed by atoms with Crippen molar-refractivity contribution in [2.75, 3.05) is 26.9 Å². The summed E-state index contributed by atoms with van der Waals surface area (Å²) in [4.78, 5) is 13.1. The molecule has 0 spiro atoms. The van der Waals surface area contributed by atoms with Gasteiger partial charge < -0.3 is 15.4 Å². The van der Waals surface area contributed by atoms with Crippen LogP contribution in [0.3, 0.4) is 0 Å². The number of hydrogen-bond acceptors (Lipinski definition) is 3.